The lowest BCUT2D eigenvalue weighted by Crippen LogP contribution is -2.13. The summed E-state index contributed by atoms with van der Waals surface area (Å²) in [5, 5.41) is 1.54. The minimum atomic E-state index is -0.174. The number of Topliss-reactive ketones (excluding diaryl/α,β-unsaturated/α-hetero) is 1. The summed E-state index contributed by atoms with van der Waals surface area (Å²) in [6, 6.07) is 16.9. The van der Waals surface area contributed by atoms with Crippen LogP contribution in [-0.2, 0) is 0 Å². The number of rotatable bonds is 4. The molecule has 3 aromatic rings. The Kier molecular flexibility index (Phi) is 4.46. The van der Waals surface area contributed by atoms with E-state index in [1.165, 1.54) is 0 Å². The second-order valence-corrected chi connectivity index (χ2v) is 6.78. The van der Waals surface area contributed by atoms with Crippen LogP contribution in [0.15, 0.2) is 65.7 Å². The molecule has 0 aliphatic rings. The Morgan fingerprint density at radius 2 is 1.82 bits per heavy atom. The number of halogens is 1. The predicted octanol–water partition coefficient (Wildman–Crippen LogP) is 5.25. The number of ketones is 1. The second-order valence-electron chi connectivity index (χ2n) is 4.96. The summed E-state index contributed by atoms with van der Waals surface area (Å²) in [6.07, 6.45) is 1.78. The molecule has 0 saturated carbocycles. The molecule has 0 N–H and O–H groups in total. The predicted molar refractivity (Wildman–Crippen MR) is 92.8 cm³/mol. The Morgan fingerprint density at radius 3 is 2.59 bits per heavy atom. The highest BCUT2D eigenvalue weighted by atomic mass is 35.5. The average molecular weight is 328 g/mol. The molecule has 0 aliphatic heterocycles. The third kappa shape index (κ3) is 3.16. The quantitative estimate of drug-likeness (QED) is 0.484. The van der Waals surface area contributed by atoms with E-state index in [2.05, 4.69) is 4.98 Å². The van der Waals surface area contributed by atoms with E-state index in [4.69, 9.17) is 11.6 Å². The number of carbonyl (C=O) groups excluding carboxylic acids is 1. The maximum Gasteiger partial charge on any atom is 0.175 e. The first-order valence-electron chi connectivity index (χ1n) is 6.95. The summed E-state index contributed by atoms with van der Waals surface area (Å²) < 4.78 is 0. The van der Waals surface area contributed by atoms with Gasteiger partial charge in [-0.3, -0.25) is 9.78 Å². The number of hydrogen-bond donors (Lipinski definition) is 0. The van der Waals surface area contributed by atoms with Crippen LogP contribution in [0.5, 0.6) is 0 Å². The summed E-state index contributed by atoms with van der Waals surface area (Å²) in [7, 11) is 0. The number of thioether (sulfide) groups is 1. The van der Waals surface area contributed by atoms with Gasteiger partial charge in [0.2, 0.25) is 0 Å². The Labute approximate surface area is 138 Å². The van der Waals surface area contributed by atoms with Crippen molar-refractivity contribution in [3.8, 4) is 0 Å². The standard InChI is InChI=1S/C18H14ClNOS/c1-12(18(21)13-6-8-14(19)9-7-13)22-17-10-11-20-16-5-3-2-4-15(16)17/h2-12H,1H3. The van der Waals surface area contributed by atoms with Gasteiger partial charge in [0.1, 0.15) is 0 Å². The normalized spacial score (nSPS) is 12.3. The van der Waals surface area contributed by atoms with Gasteiger partial charge in [-0.2, -0.15) is 0 Å². The van der Waals surface area contributed by atoms with E-state index < -0.39 is 0 Å². The molecular weight excluding hydrogens is 314 g/mol. The molecular formula is C18H14ClNOS. The molecule has 3 rings (SSSR count). The highest BCUT2D eigenvalue weighted by molar-refractivity contribution is 8.00. The largest absolute Gasteiger partial charge is 0.293 e. The molecule has 110 valence electrons. The number of fused-ring (bicyclic) bond motifs is 1. The molecule has 1 atom stereocenters. The van der Waals surface area contributed by atoms with Crippen molar-refractivity contribution in [2.24, 2.45) is 0 Å². The lowest BCUT2D eigenvalue weighted by Gasteiger charge is -2.12. The highest BCUT2D eigenvalue weighted by Crippen LogP contribution is 2.31. The number of nitrogens with zero attached hydrogens (tertiary/aromatic N) is 1. The van der Waals surface area contributed by atoms with Crippen molar-refractivity contribution in [1.29, 1.82) is 0 Å². The lowest BCUT2D eigenvalue weighted by atomic mass is 10.1. The third-order valence-corrected chi connectivity index (χ3v) is 4.84. The van der Waals surface area contributed by atoms with Crippen LogP contribution < -0.4 is 0 Å². The minimum absolute atomic E-state index is 0.0996. The van der Waals surface area contributed by atoms with Gasteiger partial charge in [-0.25, -0.2) is 0 Å². The van der Waals surface area contributed by atoms with Crippen LogP contribution in [0.4, 0.5) is 0 Å². The van der Waals surface area contributed by atoms with Gasteiger partial charge in [-0.1, -0.05) is 29.8 Å². The smallest absolute Gasteiger partial charge is 0.175 e. The molecule has 0 amide bonds. The maximum absolute atomic E-state index is 12.5. The van der Waals surface area contributed by atoms with E-state index in [9.17, 15) is 4.79 Å². The number of carbonyl (C=O) groups is 1. The van der Waals surface area contributed by atoms with E-state index in [0.29, 0.717) is 10.6 Å². The first-order valence-corrected chi connectivity index (χ1v) is 8.21. The molecule has 0 saturated heterocycles. The fourth-order valence-electron chi connectivity index (χ4n) is 2.27. The van der Waals surface area contributed by atoms with E-state index in [-0.39, 0.29) is 11.0 Å². The zero-order chi connectivity index (χ0) is 15.5. The third-order valence-electron chi connectivity index (χ3n) is 3.41. The average Bonchev–Trinajstić information content (AvgIpc) is 2.55. The topological polar surface area (TPSA) is 30.0 Å². The van der Waals surface area contributed by atoms with Crippen molar-refractivity contribution < 1.29 is 4.79 Å². The molecule has 2 aromatic carbocycles. The second kappa shape index (κ2) is 6.51. The van der Waals surface area contributed by atoms with Gasteiger partial charge in [0.05, 0.1) is 10.8 Å². The van der Waals surface area contributed by atoms with Crippen molar-refractivity contribution >= 4 is 40.0 Å². The summed E-state index contributed by atoms with van der Waals surface area (Å²) in [5.74, 6) is 0.0996. The van der Waals surface area contributed by atoms with Crippen LogP contribution in [0.25, 0.3) is 10.9 Å². The van der Waals surface area contributed by atoms with Gasteiger partial charge in [0.25, 0.3) is 0 Å². The molecule has 0 spiro atoms. The van der Waals surface area contributed by atoms with Crippen LogP contribution in [0.2, 0.25) is 5.02 Å². The van der Waals surface area contributed by atoms with Gasteiger partial charge in [-0.15, -0.1) is 11.8 Å². The summed E-state index contributed by atoms with van der Waals surface area (Å²) in [4.78, 5) is 17.9. The highest BCUT2D eigenvalue weighted by Gasteiger charge is 2.17. The van der Waals surface area contributed by atoms with Gasteiger partial charge < -0.3 is 0 Å². The first kappa shape index (κ1) is 15.1. The number of aromatic nitrogens is 1. The molecule has 22 heavy (non-hydrogen) atoms. The van der Waals surface area contributed by atoms with Crippen molar-refractivity contribution in [3.63, 3.8) is 0 Å². The van der Waals surface area contributed by atoms with E-state index in [1.54, 1.807) is 42.2 Å². The van der Waals surface area contributed by atoms with Gasteiger partial charge >= 0.3 is 0 Å². The number of pyridine rings is 1. The molecule has 0 radical (unpaired) electrons. The van der Waals surface area contributed by atoms with Crippen LogP contribution in [0.3, 0.4) is 0 Å². The van der Waals surface area contributed by atoms with E-state index >= 15 is 0 Å². The zero-order valence-electron chi connectivity index (χ0n) is 12.0. The molecule has 0 bridgehead atoms. The van der Waals surface area contributed by atoms with Crippen molar-refractivity contribution in [2.45, 2.75) is 17.1 Å². The zero-order valence-corrected chi connectivity index (χ0v) is 13.6. The molecule has 2 nitrogen and oxygen atoms in total. The van der Waals surface area contributed by atoms with Crippen molar-refractivity contribution in [1.82, 2.24) is 4.98 Å². The fraction of sp³-hybridized carbons (Fsp3) is 0.111. The number of para-hydroxylation sites is 1. The molecule has 0 aliphatic carbocycles. The lowest BCUT2D eigenvalue weighted by molar-refractivity contribution is 0.0994. The van der Waals surface area contributed by atoms with Gasteiger partial charge in [0, 0.05) is 27.1 Å². The Morgan fingerprint density at radius 1 is 1.09 bits per heavy atom. The molecule has 1 heterocycles. The van der Waals surface area contributed by atoms with Crippen molar-refractivity contribution in [3.05, 3.63) is 71.4 Å². The molecule has 1 aromatic heterocycles. The van der Waals surface area contributed by atoms with E-state index in [1.807, 2.05) is 37.3 Å². The van der Waals surface area contributed by atoms with Gasteiger partial charge in [-0.05, 0) is 43.3 Å². The fourth-order valence-corrected chi connectivity index (χ4v) is 3.45. The molecule has 0 fully saturated rings. The Hall–Kier alpha value is -1.84. The SMILES string of the molecule is CC(Sc1ccnc2ccccc12)C(=O)c1ccc(Cl)cc1. The summed E-state index contributed by atoms with van der Waals surface area (Å²) in [5.41, 5.74) is 1.63. The first-order chi connectivity index (χ1) is 10.6. The summed E-state index contributed by atoms with van der Waals surface area (Å²) >= 11 is 7.43. The van der Waals surface area contributed by atoms with Crippen LogP contribution in [0.1, 0.15) is 17.3 Å². The van der Waals surface area contributed by atoms with E-state index in [0.717, 1.165) is 15.8 Å². The monoisotopic (exact) mass is 327 g/mol. The number of hydrogen-bond acceptors (Lipinski definition) is 3. The van der Waals surface area contributed by atoms with Crippen molar-refractivity contribution in [2.75, 3.05) is 0 Å². The van der Waals surface area contributed by atoms with Gasteiger partial charge in [0.15, 0.2) is 5.78 Å². The summed E-state index contributed by atoms with van der Waals surface area (Å²) in [6.45, 7) is 1.93. The molecule has 1 unspecified atom stereocenters. The number of benzene rings is 2. The maximum atomic E-state index is 12.5. The van der Waals surface area contributed by atoms with Crippen LogP contribution in [-0.4, -0.2) is 16.0 Å². The van der Waals surface area contributed by atoms with Crippen LogP contribution >= 0.6 is 23.4 Å². The Bertz CT molecular complexity index is 811. The minimum Gasteiger partial charge on any atom is -0.293 e. The molecule has 4 heteroatoms. The Balaban J connectivity index is 1.85. The van der Waals surface area contributed by atoms with Crippen LogP contribution in [0, 0.1) is 0 Å².